The Morgan fingerprint density at radius 3 is 2.76 bits per heavy atom. The van der Waals surface area contributed by atoms with Gasteiger partial charge in [-0.3, -0.25) is 15.0 Å². The molecule has 6 nitrogen and oxygen atoms in total. The summed E-state index contributed by atoms with van der Waals surface area (Å²) >= 11 is 0. The van der Waals surface area contributed by atoms with E-state index in [0.717, 1.165) is 5.56 Å². The van der Waals surface area contributed by atoms with Crippen molar-refractivity contribution >= 4 is 11.4 Å². The lowest BCUT2D eigenvalue weighted by atomic mass is 10.1. The first-order chi connectivity index (χ1) is 8.08. The van der Waals surface area contributed by atoms with E-state index in [1.54, 1.807) is 19.2 Å². The fourth-order valence-electron chi connectivity index (χ4n) is 1.60. The molecule has 0 aliphatic carbocycles. The van der Waals surface area contributed by atoms with Crippen molar-refractivity contribution in [2.45, 2.75) is 6.54 Å². The normalized spacial score (nSPS) is 10.6. The molecular formula is C11H17N3O3. The van der Waals surface area contributed by atoms with Crippen molar-refractivity contribution in [2.24, 2.45) is 0 Å². The highest BCUT2D eigenvalue weighted by molar-refractivity contribution is 5.62. The maximum absolute atomic E-state index is 10.9. The molecule has 0 unspecified atom stereocenters. The molecule has 94 valence electrons. The summed E-state index contributed by atoms with van der Waals surface area (Å²) in [6.07, 6.45) is 0. The minimum Gasteiger partial charge on any atom is -0.395 e. The zero-order chi connectivity index (χ0) is 12.8. The first-order valence-electron chi connectivity index (χ1n) is 5.33. The lowest BCUT2D eigenvalue weighted by Crippen LogP contribution is -2.21. The summed E-state index contributed by atoms with van der Waals surface area (Å²) in [5.74, 6) is 0. The van der Waals surface area contributed by atoms with Crippen molar-refractivity contribution in [3.63, 3.8) is 0 Å². The number of nitro groups is 1. The number of hydrogen-bond acceptors (Lipinski definition) is 5. The van der Waals surface area contributed by atoms with E-state index in [1.165, 1.54) is 0 Å². The first-order valence-corrected chi connectivity index (χ1v) is 5.33. The lowest BCUT2D eigenvalue weighted by Gasteiger charge is -2.15. The fourth-order valence-corrected chi connectivity index (χ4v) is 1.60. The van der Waals surface area contributed by atoms with Gasteiger partial charge in [0.1, 0.15) is 5.69 Å². The zero-order valence-electron chi connectivity index (χ0n) is 10.0. The molecule has 0 amide bonds. The van der Waals surface area contributed by atoms with Crippen molar-refractivity contribution in [3.05, 3.63) is 33.9 Å². The van der Waals surface area contributed by atoms with Crippen LogP contribution in [-0.4, -0.2) is 42.2 Å². The molecule has 1 rings (SSSR count). The summed E-state index contributed by atoms with van der Waals surface area (Å²) in [4.78, 5) is 12.4. The van der Waals surface area contributed by atoms with Crippen LogP contribution in [0.3, 0.4) is 0 Å². The van der Waals surface area contributed by atoms with Crippen LogP contribution in [0.25, 0.3) is 0 Å². The largest absolute Gasteiger partial charge is 0.395 e. The van der Waals surface area contributed by atoms with Gasteiger partial charge in [0.2, 0.25) is 0 Å². The highest BCUT2D eigenvalue weighted by Crippen LogP contribution is 2.25. The highest BCUT2D eigenvalue weighted by Gasteiger charge is 2.13. The molecule has 0 saturated carbocycles. The molecule has 0 bridgehead atoms. The van der Waals surface area contributed by atoms with E-state index in [0.29, 0.717) is 18.8 Å². The van der Waals surface area contributed by atoms with Crippen LogP contribution in [0.5, 0.6) is 0 Å². The summed E-state index contributed by atoms with van der Waals surface area (Å²) in [7, 11) is 3.51. The van der Waals surface area contributed by atoms with Gasteiger partial charge in [0.15, 0.2) is 0 Å². The minimum atomic E-state index is -0.401. The Balaban J connectivity index is 2.88. The molecule has 1 aromatic carbocycles. The van der Waals surface area contributed by atoms with Gasteiger partial charge >= 0.3 is 0 Å². The molecule has 0 aliphatic rings. The molecule has 2 N–H and O–H groups in total. The number of likely N-dealkylation sites (N-methyl/N-ethyl adjacent to an activating group) is 1. The van der Waals surface area contributed by atoms with Crippen LogP contribution in [-0.2, 0) is 6.54 Å². The third-order valence-electron chi connectivity index (χ3n) is 2.46. The lowest BCUT2D eigenvalue weighted by molar-refractivity contribution is -0.384. The molecule has 0 spiro atoms. The number of hydrogen-bond donors (Lipinski definition) is 2. The Labute approximate surface area is 100 Å². The van der Waals surface area contributed by atoms with Crippen LogP contribution in [0.4, 0.5) is 11.4 Å². The second kappa shape index (κ2) is 6.17. The molecule has 0 atom stereocenters. The molecule has 0 aliphatic heterocycles. The van der Waals surface area contributed by atoms with Crippen molar-refractivity contribution in [1.29, 1.82) is 0 Å². The summed E-state index contributed by atoms with van der Waals surface area (Å²) < 4.78 is 0. The Morgan fingerprint density at radius 2 is 2.24 bits per heavy atom. The summed E-state index contributed by atoms with van der Waals surface area (Å²) in [6.45, 7) is 1.19. The summed E-state index contributed by atoms with van der Waals surface area (Å²) in [5, 5.41) is 22.4. The Hall–Kier alpha value is -1.66. The van der Waals surface area contributed by atoms with Gasteiger partial charge in [-0.1, -0.05) is 6.07 Å². The average molecular weight is 239 g/mol. The number of aliphatic hydroxyl groups is 1. The van der Waals surface area contributed by atoms with E-state index in [4.69, 9.17) is 5.11 Å². The van der Waals surface area contributed by atoms with Crippen molar-refractivity contribution in [1.82, 2.24) is 4.90 Å². The van der Waals surface area contributed by atoms with Gasteiger partial charge in [-0.15, -0.1) is 0 Å². The average Bonchev–Trinajstić information content (AvgIpc) is 2.29. The molecule has 6 heteroatoms. The van der Waals surface area contributed by atoms with E-state index >= 15 is 0 Å². The van der Waals surface area contributed by atoms with Gasteiger partial charge in [-0.2, -0.15) is 0 Å². The van der Waals surface area contributed by atoms with Crippen LogP contribution < -0.4 is 5.32 Å². The van der Waals surface area contributed by atoms with E-state index < -0.39 is 4.92 Å². The van der Waals surface area contributed by atoms with Gasteiger partial charge in [0, 0.05) is 26.2 Å². The number of aliphatic hydroxyl groups excluding tert-OH is 1. The standard InChI is InChI=1S/C11H17N3O3/c1-12-10-4-3-9(7-11(10)14(16)17)8-13(2)5-6-15/h3-4,7,12,15H,5-6,8H2,1-2H3. The number of anilines is 1. The number of nitrogens with one attached hydrogen (secondary N) is 1. The summed E-state index contributed by atoms with van der Waals surface area (Å²) in [6, 6.07) is 5.09. The van der Waals surface area contributed by atoms with E-state index in [-0.39, 0.29) is 12.3 Å². The molecule has 1 aromatic rings. The molecule has 0 saturated heterocycles. The van der Waals surface area contributed by atoms with E-state index in [9.17, 15) is 10.1 Å². The molecule has 0 aromatic heterocycles. The van der Waals surface area contributed by atoms with E-state index in [2.05, 4.69) is 5.32 Å². The van der Waals surface area contributed by atoms with Crippen molar-refractivity contribution in [3.8, 4) is 0 Å². The van der Waals surface area contributed by atoms with Gasteiger partial charge in [0.25, 0.3) is 5.69 Å². The molecular weight excluding hydrogens is 222 g/mol. The van der Waals surface area contributed by atoms with Crippen LogP contribution in [0.2, 0.25) is 0 Å². The third kappa shape index (κ3) is 3.69. The first kappa shape index (κ1) is 13.4. The quantitative estimate of drug-likeness (QED) is 0.573. The number of rotatable bonds is 6. The van der Waals surface area contributed by atoms with Gasteiger partial charge in [0.05, 0.1) is 11.5 Å². The molecule has 17 heavy (non-hydrogen) atoms. The van der Waals surface area contributed by atoms with Crippen LogP contribution >= 0.6 is 0 Å². The smallest absolute Gasteiger partial charge is 0.292 e. The van der Waals surface area contributed by atoms with E-state index in [1.807, 2.05) is 18.0 Å². The number of nitro benzene ring substituents is 1. The Morgan fingerprint density at radius 1 is 1.53 bits per heavy atom. The van der Waals surface area contributed by atoms with Gasteiger partial charge < -0.3 is 10.4 Å². The monoisotopic (exact) mass is 239 g/mol. The Bertz CT molecular complexity index is 396. The van der Waals surface area contributed by atoms with Gasteiger partial charge in [-0.25, -0.2) is 0 Å². The second-order valence-electron chi connectivity index (χ2n) is 3.82. The SMILES string of the molecule is CNc1ccc(CN(C)CCO)cc1[N+](=O)[O-]. The Kier molecular flexibility index (Phi) is 4.86. The number of nitrogens with zero attached hydrogens (tertiary/aromatic N) is 2. The predicted octanol–water partition coefficient (Wildman–Crippen LogP) is 1.06. The fraction of sp³-hybridized carbons (Fsp3) is 0.455. The maximum Gasteiger partial charge on any atom is 0.292 e. The van der Waals surface area contributed by atoms with Crippen molar-refractivity contribution < 1.29 is 10.0 Å². The van der Waals surface area contributed by atoms with Crippen LogP contribution in [0.15, 0.2) is 18.2 Å². The summed E-state index contributed by atoms with van der Waals surface area (Å²) in [5.41, 5.74) is 1.43. The topological polar surface area (TPSA) is 78.6 Å². The second-order valence-corrected chi connectivity index (χ2v) is 3.82. The van der Waals surface area contributed by atoms with Gasteiger partial charge in [-0.05, 0) is 18.7 Å². The number of benzene rings is 1. The molecule has 0 heterocycles. The van der Waals surface area contributed by atoms with Crippen LogP contribution in [0, 0.1) is 10.1 Å². The predicted molar refractivity (Wildman–Crippen MR) is 66.1 cm³/mol. The zero-order valence-corrected chi connectivity index (χ0v) is 10.0. The molecule has 0 fully saturated rings. The van der Waals surface area contributed by atoms with Crippen LogP contribution in [0.1, 0.15) is 5.56 Å². The molecule has 0 radical (unpaired) electrons. The highest BCUT2D eigenvalue weighted by atomic mass is 16.6. The minimum absolute atomic E-state index is 0.0717. The third-order valence-corrected chi connectivity index (χ3v) is 2.46. The maximum atomic E-state index is 10.9. The van der Waals surface area contributed by atoms with Crippen molar-refractivity contribution in [2.75, 3.05) is 32.6 Å².